The van der Waals surface area contributed by atoms with E-state index in [0.717, 1.165) is 0 Å². The van der Waals surface area contributed by atoms with E-state index < -0.39 is 17.5 Å². The van der Waals surface area contributed by atoms with E-state index in [9.17, 15) is 14.4 Å². The first-order chi connectivity index (χ1) is 13.5. The molecule has 1 amide bonds. The van der Waals surface area contributed by atoms with Crippen LogP contribution < -0.4 is 10.9 Å². The van der Waals surface area contributed by atoms with Crippen LogP contribution in [0.1, 0.15) is 27.6 Å². The minimum absolute atomic E-state index is 0.106. The van der Waals surface area contributed by atoms with Gasteiger partial charge in [-0.25, -0.2) is 14.6 Å². The summed E-state index contributed by atoms with van der Waals surface area (Å²) in [5, 5.41) is 3.58. The summed E-state index contributed by atoms with van der Waals surface area (Å²) in [7, 11) is 0. The van der Waals surface area contributed by atoms with Gasteiger partial charge in [-0.15, -0.1) is 0 Å². The van der Waals surface area contributed by atoms with Gasteiger partial charge in [-0.1, -0.05) is 29.5 Å². The van der Waals surface area contributed by atoms with Gasteiger partial charge in [-0.2, -0.15) is 0 Å². The van der Waals surface area contributed by atoms with Crippen molar-refractivity contribution in [1.82, 2.24) is 4.98 Å². The third-order valence-electron chi connectivity index (χ3n) is 4.01. The predicted octanol–water partition coefficient (Wildman–Crippen LogP) is 3.83. The summed E-state index contributed by atoms with van der Waals surface area (Å²) in [4.78, 5) is 40.8. The molecule has 4 rings (SSSR count). The van der Waals surface area contributed by atoms with E-state index in [4.69, 9.17) is 9.15 Å². The Morgan fingerprint density at radius 2 is 2.00 bits per heavy atom. The lowest BCUT2D eigenvalue weighted by Crippen LogP contribution is -2.20. The fraction of sp³-hybridized carbons (Fsp3) is 0.100. The molecule has 0 aliphatic heterocycles. The standard InChI is InChI=1S/C20H14N2O5S/c1-2-26-18(24)12-7-8-14-16(10-12)28-20(21-14)22-17(23)13-9-11-5-3-4-6-15(11)27-19(13)25/h3-10H,2H2,1H3,(H,21,22,23). The largest absolute Gasteiger partial charge is 0.462 e. The highest BCUT2D eigenvalue weighted by molar-refractivity contribution is 7.22. The van der Waals surface area contributed by atoms with Crippen LogP contribution in [-0.2, 0) is 4.74 Å². The maximum Gasteiger partial charge on any atom is 0.349 e. The molecule has 4 aromatic rings. The first-order valence-corrected chi connectivity index (χ1v) is 9.29. The van der Waals surface area contributed by atoms with Crippen LogP contribution in [0.5, 0.6) is 0 Å². The van der Waals surface area contributed by atoms with Gasteiger partial charge in [0.2, 0.25) is 0 Å². The number of aromatic nitrogens is 1. The third-order valence-corrected chi connectivity index (χ3v) is 4.94. The molecule has 0 saturated heterocycles. The minimum atomic E-state index is -0.720. The van der Waals surface area contributed by atoms with E-state index in [-0.39, 0.29) is 12.2 Å². The Bertz CT molecular complexity index is 1270. The molecule has 0 bridgehead atoms. The number of hydrogen-bond acceptors (Lipinski definition) is 7. The van der Waals surface area contributed by atoms with E-state index >= 15 is 0 Å². The third kappa shape index (κ3) is 3.37. The lowest BCUT2D eigenvalue weighted by atomic mass is 10.2. The molecule has 0 fully saturated rings. The van der Waals surface area contributed by atoms with Crippen molar-refractivity contribution in [3.05, 3.63) is 70.1 Å². The Hall–Kier alpha value is -3.52. The van der Waals surface area contributed by atoms with Crippen molar-refractivity contribution in [2.24, 2.45) is 0 Å². The zero-order valence-electron chi connectivity index (χ0n) is 14.7. The molecule has 0 unspecified atom stereocenters. The van der Waals surface area contributed by atoms with Crippen LogP contribution in [-0.4, -0.2) is 23.5 Å². The van der Waals surface area contributed by atoms with Crippen LogP contribution in [0.2, 0.25) is 0 Å². The van der Waals surface area contributed by atoms with Crippen LogP contribution in [0, 0.1) is 0 Å². The number of nitrogens with one attached hydrogen (secondary N) is 1. The molecular formula is C20H14N2O5S. The number of esters is 1. The van der Waals surface area contributed by atoms with Crippen molar-refractivity contribution >= 4 is 49.5 Å². The zero-order valence-corrected chi connectivity index (χ0v) is 15.5. The smallest absolute Gasteiger partial charge is 0.349 e. The molecule has 0 radical (unpaired) electrons. The number of benzene rings is 2. The number of nitrogens with zero attached hydrogens (tertiary/aromatic N) is 1. The molecule has 1 N–H and O–H groups in total. The van der Waals surface area contributed by atoms with Crippen LogP contribution in [0.4, 0.5) is 5.13 Å². The first kappa shape index (κ1) is 17.9. The van der Waals surface area contributed by atoms with Crippen molar-refractivity contribution in [1.29, 1.82) is 0 Å². The molecule has 0 spiro atoms. The molecule has 0 atom stereocenters. The molecule has 2 heterocycles. The highest BCUT2D eigenvalue weighted by Crippen LogP contribution is 2.27. The summed E-state index contributed by atoms with van der Waals surface area (Å²) in [5.41, 5.74) is 0.618. The van der Waals surface area contributed by atoms with Crippen LogP contribution >= 0.6 is 11.3 Å². The molecule has 7 nitrogen and oxygen atoms in total. The fourth-order valence-electron chi connectivity index (χ4n) is 2.70. The van der Waals surface area contributed by atoms with Gasteiger partial charge in [0.05, 0.1) is 22.4 Å². The van der Waals surface area contributed by atoms with Crippen molar-refractivity contribution < 1.29 is 18.7 Å². The van der Waals surface area contributed by atoms with E-state index in [1.54, 1.807) is 49.4 Å². The Kier molecular flexibility index (Phi) is 4.62. The number of carbonyl (C=O) groups is 2. The normalized spacial score (nSPS) is 10.9. The Labute approximate surface area is 162 Å². The number of rotatable bonds is 4. The van der Waals surface area contributed by atoms with Gasteiger partial charge in [0.15, 0.2) is 5.13 Å². The van der Waals surface area contributed by atoms with Gasteiger partial charge in [-0.3, -0.25) is 10.1 Å². The maximum atomic E-state index is 12.5. The van der Waals surface area contributed by atoms with Crippen molar-refractivity contribution in [2.45, 2.75) is 6.92 Å². The van der Waals surface area contributed by atoms with Gasteiger partial charge in [-0.05, 0) is 37.3 Å². The second-order valence-corrected chi connectivity index (χ2v) is 6.89. The van der Waals surface area contributed by atoms with Crippen molar-refractivity contribution in [3.63, 3.8) is 0 Å². The molecule has 0 aliphatic carbocycles. The molecule has 2 aromatic carbocycles. The number of anilines is 1. The lowest BCUT2D eigenvalue weighted by molar-refractivity contribution is 0.0526. The lowest BCUT2D eigenvalue weighted by Gasteiger charge is -2.02. The second-order valence-electron chi connectivity index (χ2n) is 5.86. The highest BCUT2D eigenvalue weighted by Gasteiger charge is 2.16. The number of hydrogen-bond donors (Lipinski definition) is 1. The molecule has 0 saturated carbocycles. The summed E-state index contributed by atoms with van der Waals surface area (Å²) in [6.45, 7) is 2.02. The topological polar surface area (TPSA) is 98.5 Å². The molecular weight excluding hydrogens is 380 g/mol. The summed E-state index contributed by atoms with van der Waals surface area (Å²) >= 11 is 1.20. The highest BCUT2D eigenvalue weighted by atomic mass is 32.1. The van der Waals surface area contributed by atoms with Crippen molar-refractivity contribution in [2.75, 3.05) is 11.9 Å². The first-order valence-electron chi connectivity index (χ1n) is 8.47. The average molecular weight is 394 g/mol. The molecule has 2 aromatic heterocycles. The van der Waals surface area contributed by atoms with Crippen LogP contribution in [0.15, 0.2) is 57.7 Å². The maximum absolute atomic E-state index is 12.5. The summed E-state index contributed by atoms with van der Waals surface area (Å²) in [6, 6.07) is 13.4. The summed E-state index contributed by atoms with van der Waals surface area (Å²) in [5.74, 6) is -1.03. The van der Waals surface area contributed by atoms with E-state index in [1.165, 1.54) is 17.4 Å². The van der Waals surface area contributed by atoms with Gasteiger partial charge < -0.3 is 9.15 Å². The number of thiazole rings is 1. The number of para-hydroxylation sites is 1. The molecule has 0 aliphatic rings. The van der Waals surface area contributed by atoms with Crippen LogP contribution in [0.25, 0.3) is 21.2 Å². The summed E-state index contributed by atoms with van der Waals surface area (Å²) < 4.78 is 10.9. The van der Waals surface area contributed by atoms with Crippen LogP contribution in [0.3, 0.4) is 0 Å². The molecule has 8 heteroatoms. The van der Waals surface area contributed by atoms with E-state index in [0.29, 0.717) is 31.9 Å². The SMILES string of the molecule is CCOC(=O)c1ccc2nc(NC(=O)c3cc4ccccc4oc3=O)sc2c1. The van der Waals surface area contributed by atoms with E-state index in [1.807, 2.05) is 0 Å². The zero-order chi connectivity index (χ0) is 19.7. The summed E-state index contributed by atoms with van der Waals surface area (Å²) in [6.07, 6.45) is 0. The molecule has 28 heavy (non-hydrogen) atoms. The number of amides is 1. The predicted molar refractivity (Wildman–Crippen MR) is 106 cm³/mol. The van der Waals surface area contributed by atoms with Crippen molar-refractivity contribution in [3.8, 4) is 0 Å². The van der Waals surface area contributed by atoms with Gasteiger partial charge in [0, 0.05) is 5.39 Å². The Morgan fingerprint density at radius 3 is 2.82 bits per heavy atom. The second kappa shape index (κ2) is 7.24. The van der Waals surface area contributed by atoms with E-state index in [2.05, 4.69) is 10.3 Å². The number of ether oxygens (including phenoxy) is 1. The number of carbonyl (C=O) groups excluding carboxylic acids is 2. The Balaban J connectivity index is 1.62. The monoisotopic (exact) mass is 394 g/mol. The molecule has 140 valence electrons. The van der Waals surface area contributed by atoms with Gasteiger partial charge >= 0.3 is 11.6 Å². The van der Waals surface area contributed by atoms with Gasteiger partial charge in [0.25, 0.3) is 5.91 Å². The minimum Gasteiger partial charge on any atom is -0.462 e. The fourth-order valence-corrected chi connectivity index (χ4v) is 3.60. The quantitative estimate of drug-likeness (QED) is 0.417. The van der Waals surface area contributed by atoms with Gasteiger partial charge in [0.1, 0.15) is 11.1 Å². The number of fused-ring (bicyclic) bond motifs is 2. The Morgan fingerprint density at radius 1 is 1.18 bits per heavy atom. The average Bonchev–Trinajstić information content (AvgIpc) is 3.08.